The highest BCUT2D eigenvalue weighted by Gasteiger charge is 2.26. The van der Waals surface area contributed by atoms with Gasteiger partial charge < -0.3 is 10.6 Å². The second-order valence-corrected chi connectivity index (χ2v) is 6.15. The first-order valence-corrected chi connectivity index (χ1v) is 7.65. The number of nitrogens with zero attached hydrogens (tertiary/aromatic N) is 1. The summed E-state index contributed by atoms with van der Waals surface area (Å²) in [6, 6.07) is 10.2. The van der Waals surface area contributed by atoms with Crippen molar-refractivity contribution in [2.24, 2.45) is 0 Å². The molecule has 0 aromatic heterocycles. The van der Waals surface area contributed by atoms with E-state index < -0.39 is 5.82 Å². The Kier molecular flexibility index (Phi) is 3.59. The van der Waals surface area contributed by atoms with Crippen LogP contribution in [-0.2, 0) is 0 Å². The number of anilines is 2. The van der Waals surface area contributed by atoms with Crippen LogP contribution in [0.5, 0.6) is 0 Å². The highest BCUT2D eigenvalue weighted by molar-refractivity contribution is 7.99. The van der Waals surface area contributed by atoms with Crippen molar-refractivity contribution < 1.29 is 9.18 Å². The summed E-state index contributed by atoms with van der Waals surface area (Å²) < 4.78 is 14.0. The average Bonchev–Trinajstić information content (AvgIpc) is 2.46. The molecule has 3 nitrogen and oxygen atoms in total. The van der Waals surface area contributed by atoms with Gasteiger partial charge in [-0.1, -0.05) is 6.07 Å². The van der Waals surface area contributed by atoms with Gasteiger partial charge in [-0.15, -0.1) is 11.8 Å². The number of halogens is 1. The summed E-state index contributed by atoms with van der Waals surface area (Å²) in [5.41, 5.74) is 8.06. The van der Waals surface area contributed by atoms with Crippen molar-refractivity contribution in [3.05, 3.63) is 53.3 Å². The molecule has 5 heteroatoms. The number of nitrogen functional groups attached to an aromatic ring is 1. The van der Waals surface area contributed by atoms with Gasteiger partial charge in [0.25, 0.3) is 5.91 Å². The summed E-state index contributed by atoms with van der Waals surface area (Å²) >= 11 is 1.68. The van der Waals surface area contributed by atoms with E-state index in [9.17, 15) is 9.18 Å². The predicted octanol–water partition coefficient (Wildman–Crippen LogP) is 3.47. The number of amides is 1. The first-order valence-electron chi connectivity index (χ1n) is 6.66. The van der Waals surface area contributed by atoms with Crippen molar-refractivity contribution in [3.8, 4) is 0 Å². The van der Waals surface area contributed by atoms with Crippen LogP contribution in [0.4, 0.5) is 15.8 Å². The van der Waals surface area contributed by atoms with E-state index in [1.165, 1.54) is 6.07 Å². The Bertz CT molecular complexity index is 717. The highest BCUT2D eigenvalue weighted by Crippen LogP contribution is 2.36. The van der Waals surface area contributed by atoms with Crippen LogP contribution >= 0.6 is 11.8 Å². The quantitative estimate of drug-likeness (QED) is 0.821. The lowest BCUT2D eigenvalue weighted by Gasteiger charge is -2.29. The van der Waals surface area contributed by atoms with Crippen molar-refractivity contribution in [2.45, 2.75) is 11.8 Å². The lowest BCUT2D eigenvalue weighted by atomic mass is 10.1. The van der Waals surface area contributed by atoms with Gasteiger partial charge in [-0.2, -0.15) is 0 Å². The molecular weight excluding hydrogens is 287 g/mol. The maximum atomic E-state index is 14.0. The maximum Gasteiger partial charge on any atom is 0.261 e. The van der Waals surface area contributed by atoms with E-state index in [-0.39, 0.29) is 11.5 Å². The second-order valence-electron chi connectivity index (χ2n) is 5.02. The van der Waals surface area contributed by atoms with Crippen LogP contribution < -0.4 is 10.6 Å². The fourth-order valence-electron chi connectivity index (χ4n) is 2.38. The van der Waals surface area contributed by atoms with E-state index in [1.807, 2.05) is 12.1 Å². The standard InChI is InChI=1S/C16H15FN2OS/c1-10-2-4-12(13(17)8-10)16(20)19-6-7-21-15-5-3-11(18)9-14(15)19/h2-5,8-9H,6-7,18H2,1H3. The summed E-state index contributed by atoms with van der Waals surface area (Å²) in [6.45, 7) is 2.35. The predicted molar refractivity (Wildman–Crippen MR) is 84.4 cm³/mol. The van der Waals surface area contributed by atoms with Crippen molar-refractivity contribution in [2.75, 3.05) is 22.9 Å². The minimum atomic E-state index is -0.483. The summed E-state index contributed by atoms with van der Waals surface area (Å²) in [6.07, 6.45) is 0. The number of rotatable bonds is 1. The molecule has 0 radical (unpaired) electrons. The number of hydrogen-bond donors (Lipinski definition) is 1. The third kappa shape index (κ3) is 2.61. The molecular formula is C16H15FN2OS. The molecule has 2 N–H and O–H groups in total. The molecule has 108 valence electrons. The van der Waals surface area contributed by atoms with E-state index in [1.54, 1.807) is 41.8 Å². The lowest BCUT2D eigenvalue weighted by Crippen LogP contribution is -2.36. The summed E-state index contributed by atoms with van der Waals surface area (Å²) in [5.74, 6) is -0.0146. The van der Waals surface area contributed by atoms with E-state index >= 15 is 0 Å². The van der Waals surface area contributed by atoms with Gasteiger partial charge in [0.1, 0.15) is 5.82 Å². The number of fused-ring (bicyclic) bond motifs is 1. The van der Waals surface area contributed by atoms with Crippen molar-refractivity contribution in [1.82, 2.24) is 0 Å². The summed E-state index contributed by atoms with van der Waals surface area (Å²) in [5, 5.41) is 0. The molecule has 21 heavy (non-hydrogen) atoms. The van der Waals surface area contributed by atoms with Crippen LogP contribution in [0, 0.1) is 12.7 Å². The lowest BCUT2D eigenvalue weighted by molar-refractivity contribution is 0.0984. The fourth-order valence-corrected chi connectivity index (χ4v) is 3.36. The third-order valence-electron chi connectivity index (χ3n) is 3.45. The topological polar surface area (TPSA) is 46.3 Å². The molecule has 0 saturated carbocycles. The molecule has 1 aliphatic heterocycles. The largest absolute Gasteiger partial charge is 0.399 e. The molecule has 0 fully saturated rings. The Labute approximate surface area is 126 Å². The number of nitrogens with two attached hydrogens (primary N) is 1. The monoisotopic (exact) mass is 302 g/mol. The molecule has 0 spiro atoms. The third-order valence-corrected chi connectivity index (χ3v) is 4.49. The van der Waals surface area contributed by atoms with E-state index in [0.29, 0.717) is 12.2 Å². The molecule has 1 heterocycles. The fraction of sp³-hybridized carbons (Fsp3) is 0.188. The van der Waals surface area contributed by atoms with Crippen LogP contribution in [-0.4, -0.2) is 18.2 Å². The van der Waals surface area contributed by atoms with E-state index in [2.05, 4.69) is 0 Å². The van der Waals surface area contributed by atoms with E-state index in [0.717, 1.165) is 21.9 Å². The Balaban J connectivity index is 2.02. The zero-order valence-electron chi connectivity index (χ0n) is 11.6. The van der Waals surface area contributed by atoms with Gasteiger partial charge in [-0.05, 0) is 42.8 Å². The van der Waals surface area contributed by atoms with Crippen molar-refractivity contribution >= 4 is 29.0 Å². The molecule has 0 aliphatic carbocycles. The Hall–Kier alpha value is -2.01. The van der Waals surface area contributed by atoms with Gasteiger partial charge in [0.15, 0.2) is 0 Å². The molecule has 0 saturated heterocycles. The number of hydrogen-bond acceptors (Lipinski definition) is 3. The minimum absolute atomic E-state index is 0.0980. The Morgan fingerprint density at radius 3 is 2.86 bits per heavy atom. The molecule has 2 aromatic rings. The summed E-state index contributed by atoms with van der Waals surface area (Å²) in [7, 11) is 0. The first kappa shape index (κ1) is 13.9. The van der Waals surface area contributed by atoms with Gasteiger partial charge in [-0.3, -0.25) is 4.79 Å². The average molecular weight is 302 g/mol. The normalized spacial score (nSPS) is 13.9. The van der Waals surface area contributed by atoms with Gasteiger partial charge in [0, 0.05) is 22.9 Å². The number of benzene rings is 2. The number of aryl methyl sites for hydroxylation is 1. The molecule has 1 aliphatic rings. The maximum absolute atomic E-state index is 14.0. The zero-order chi connectivity index (χ0) is 15.0. The van der Waals surface area contributed by atoms with Crippen LogP contribution in [0.2, 0.25) is 0 Å². The molecule has 0 bridgehead atoms. The minimum Gasteiger partial charge on any atom is -0.399 e. The van der Waals surface area contributed by atoms with Crippen LogP contribution in [0.25, 0.3) is 0 Å². The van der Waals surface area contributed by atoms with Gasteiger partial charge in [-0.25, -0.2) is 4.39 Å². The molecule has 0 unspecified atom stereocenters. The van der Waals surface area contributed by atoms with Crippen LogP contribution in [0.3, 0.4) is 0 Å². The zero-order valence-corrected chi connectivity index (χ0v) is 12.4. The SMILES string of the molecule is Cc1ccc(C(=O)N2CCSc3ccc(N)cc32)c(F)c1. The molecule has 1 amide bonds. The molecule has 2 aromatic carbocycles. The Morgan fingerprint density at radius 1 is 1.29 bits per heavy atom. The first-order chi connectivity index (χ1) is 10.1. The van der Waals surface area contributed by atoms with Gasteiger partial charge in [0.05, 0.1) is 11.3 Å². The second kappa shape index (κ2) is 5.41. The van der Waals surface area contributed by atoms with Crippen molar-refractivity contribution in [3.63, 3.8) is 0 Å². The molecule has 0 atom stereocenters. The van der Waals surface area contributed by atoms with Gasteiger partial charge >= 0.3 is 0 Å². The molecule has 3 rings (SSSR count). The smallest absolute Gasteiger partial charge is 0.261 e. The highest BCUT2D eigenvalue weighted by atomic mass is 32.2. The number of carbonyl (C=O) groups excluding carboxylic acids is 1. The van der Waals surface area contributed by atoms with Crippen LogP contribution in [0.1, 0.15) is 15.9 Å². The van der Waals surface area contributed by atoms with Crippen LogP contribution in [0.15, 0.2) is 41.3 Å². The van der Waals surface area contributed by atoms with E-state index in [4.69, 9.17) is 5.73 Å². The Morgan fingerprint density at radius 2 is 2.10 bits per heavy atom. The number of thioether (sulfide) groups is 1. The summed E-state index contributed by atoms with van der Waals surface area (Å²) in [4.78, 5) is 15.2. The van der Waals surface area contributed by atoms with Gasteiger partial charge in [0.2, 0.25) is 0 Å². The van der Waals surface area contributed by atoms with Crippen molar-refractivity contribution in [1.29, 1.82) is 0 Å². The number of carbonyl (C=O) groups is 1.